The van der Waals surface area contributed by atoms with Crippen molar-refractivity contribution in [3.05, 3.63) is 0 Å². The summed E-state index contributed by atoms with van der Waals surface area (Å²) < 4.78 is 10.3. The highest BCUT2D eigenvalue weighted by molar-refractivity contribution is 5.98. The molecule has 0 aromatic rings. The van der Waals surface area contributed by atoms with Gasteiger partial charge in [-0.1, -0.05) is 0 Å². The molecule has 2 heterocycles. The molecule has 142 valence electrons. The fraction of sp³-hybridized carbons (Fsp3) is 0.824. The molecule has 2 N–H and O–H groups in total. The van der Waals surface area contributed by atoms with Gasteiger partial charge in [-0.2, -0.15) is 0 Å². The second-order valence-electron chi connectivity index (χ2n) is 7.63. The van der Waals surface area contributed by atoms with Crippen molar-refractivity contribution in [1.82, 2.24) is 10.2 Å². The first kappa shape index (κ1) is 19.5. The maximum Gasteiger partial charge on any atom is 0.410 e. The largest absolute Gasteiger partial charge is 0.480 e. The summed E-state index contributed by atoms with van der Waals surface area (Å²) >= 11 is 0. The second kappa shape index (κ2) is 7.59. The molecule has 2 fully saturated rings. The lowest BCUT2D eigenvalue weighted by atomic mass is 9.97. The minimum Gasteiger partial charge on any atom is -0.480 e. The number of nitrogens with one attached hydrogen (secondary N) is 1. The monoisotopic (exact) mass is 356 g/mol. The maximum absolute atomic E-state index is 12.2. The number of carboxylic acids is 1. The number of nitrogens with zero attached hydrogens (tertiary/aromatic N) is 1. The molecular formula is C17H28N2O6. The molecule has 0 radical (unpaired) electrons. The third kappa shape index (κ3) is 4.84. The third-order valence-corrected chi connectivity index (χ3v) is 4.50. The van der Waals surface area contributed by atoms with Crippen LogP contribution in [-0.4, -0.2) is 64.4 Å². The molecule has 3 atom stereocenters. The summed E-state index contributed by atoms with van der Waals surface area (Å²) in [6, 6.07) is -1.53. The highest BCUT2D eigenvalue weighted by atomic mass is 16.6. The van der Waals surface area contributed by atoms with Gasteiger partial charge in [-0.3, -0.25) is 5.32 Å². The molecule has 0 aromatic heterocycles. The van der Waals surface area contributed by atoms with Crippen LogP contribution in [0.1, 0.15) is 53.4 Å². The van der Waals surface area contributed by atoms with Crippen LogP contribution in [0.4, 0.5) is 4.79 Å². The van der Waals surface area contributed by atoms with Crippen molar-refractivity contribution >= 4 is 18.0 Å². The molecule has 8 nitrogen and oxygen atoms in total. The Morgan fingerprint density at radius 3 is 2.20 bits per heavy atom. The zero-order valence-corrected chi connectivity index (χ0v) is 15.3. The average molecular weight is 356 g/mol. The van der Waals surface area contributed by atoms with Gasteiger partial charge in [0, 0.05) is 18.1 Å². The number of rotatable bonds is 5. The molecule has 2 bridgehead atoms. The Balaban J connectivity index is 2.00. The van der Waals surface area contributed by atoms with Crippen molar-refractivity contribution in [3.8, 4) is 0 Å². The van der Waals surface area contributed by atoms with E-state index < -0.39 is 23.6 Å². The normalized spacial score (nSPS) is 26.9. The fourth-order valence-electron chi connectivity index (χ4n) is 3.65. The van der Waals surface area contributed by atoms with E-state index in [4.69, 9.17) is 9.47 Å². The minimum atomic E-state index is -1.40. The van der Waals surface area contributed by atoms with Crippen LogP contribution in [0.3, 0.4) is 0 Å². The van der Waals surface area contributed by atoms with Gasteiger partial charge in [-0.15, -0.1) is 0 Å². The average Bonchev–Trinajstić information content (AvgIpc) is 2.74. The molecule has 2 aliphatic rings. The van der Waals surface area contributed by atoms with Gasteiger partial charge in [-0.25, -0.2) is 14.4 Å². The molecule has 1 amide bonds. The first-order chi connectivity index (χ1) is 11.6. The number of hydrogen-bond acceptors (Lipinski definition) is 6. The Labute approximate surface area is 147 Å². The topological polar surface area (TPSA) is 105 Å². The smallest absolute Gasteiger partial charge is 0.410 e. The number of amides is 1. The number of hydrogen-bond donors (Lipinski definition) is 2. The Morgan fingerprint density at radius 1 is 1.20 bits per heavy atom. The first-order valence-electron chi connectivity index (χ1n) is 8.79. The van der Waals surface area contributed by atoms with Gasteiger partial charge in [0.05, 0.1) is 6.61 Å². The van der Waals surface area contributed by atoms with Crippen LogP contribution in [0.15, 0.2) is 0 Å². The van der Waals surface area contributed by atoms with Crippen molar-refractivity contribution in [1.29, 1.82) is 0 Å². The lowest BCUT2D eigenvalue weighted by Crippen LogP contribution is -2.56. The van der Waals surface area contributed by atoms with Crippen LogP contribution in [0.5, 0.6) is 0 Å². The number of carbonyl (C=O) groups is 3. The van der Waals surface area contributed by atoms with Crippen molar-refractivity contribution in [3.63, 3.8) is 0 Å². The predicted molar refractivity (Wildman–Crippen MR) is 89.1 cm³/mol. The van der Waals surface area contributed by atoms with E-state index in [1.54, 1.807) is 32.6 Å². The van der Waals surface area contributed by atoms with E-state index in [2.05, 4.69) is 5.32 Å². The van der Waals surface area contributed by atoms with E-state index in [9.17, 15) is 19.5 Å². The summed E-state index contributed by atoms with van der Waals surface area (Å²) in [6.07, 6.45) is 2.62. The van der Waals surface area contributed by atoms with Crippen LogP contribution < -0.4 is 5.32 Å². The van der Waals surface area contributed by atoms with Gasteiger partial charge in [0.15, 0.2) is 0 Å². The zero-order chi connectivity index (χ0) is 18.8. The summed E-state index contributed by atoms with van der Waals surface area (Å²) in [6.45, 7) is 7.19. The van der Waals surface area contributed by atoms with Crippen LogP contribution >= 0.6 is 0 Å². The molecule has 0 spiro atoms. The van der Waals surface area contributed by atoms with E-state index in [-0.39, 0.29) is 24.2 Å². The third-order valence-electron chi connectivity index (χ3n) is 4.50. The van der Waals surface area contributed by atoms with Crippen LogP contribution in [-0.2, 0) is 19.1 Å². The fourth-order valence-corrected chi connectivity index (χ4v) is 3.65. The molecular weight excluding hydrogens is 328 g/mol. The SMILES string of the molecule is CCOC(=O)N1C2CCC1CC(NC(C(=O)O)C(=O)OC(C)(C)C)C2. The molecule has 3 unspecified atom stereocenters. The Kier molecular flexibility index (Phi) is 5.92. The molecule has 0 saturated carbocycles. The number of ether oxygens (including phenoxy) is 2. The molecule has 8 heteroatoms. The summed E-state index contributed by atoms with van der Waals surface area (Å²) in [7, 11) is 0. The molecule has 0 aliphatic carbocycles. The Hall–Kier alpha value is -1.83. The molecule has 2 aliphatic heterocycles. The first-order valence-corrected chi connectivity index (χ1v) is 8.79. The lowest BCUT2D eigenvalue weighted by Gasteiger charge is -2.39. The number of esters is 1. The summed E-state index contributed by atoms with van der Waals surface area (Å²) in [5.41, 5.74) is -0.751. The number of carbonyl (C=O) groups excluding carboxylic acids is 2. The van der Waals surface area contributed by atoms with Crippen molar-refractivity contribution in [2.75, 3.05) is 6.61 Å². The van der Waals surface area contributed by atoms with Gasteiger partial charge >= 0.3 is 18.0 Å². The van der Waals surface area contributed by atoms with Crippen LogP contribution in [0.2, 0.25) is 0 Å². The number of aliphatic carboxylic acids is 1. The number of fused-ring (bicyclic) bond motifs is 2. The summed E-state index contributed by atoms with van der Waals surface area (Å²) in [5.74, 6) is -2.05. The zero-order valence-electron chi connectivity index (χ0n) is 15.3. The number of carboxylic acid groups (broad SMARTS) is 1. The number of piperidine rings is 1. The Morgan fingerprint density at radius 2 is 1.76 bits per heavy atom. The summed E-state index contributed by atoms with van der Waals surface area (Å²) in [5, 5.41) is 12.3. The van der Waals surface area contributed by atoms with Crippen molar-refractivity contribution in [2.24, 2.45) is 0 Å². The molecule has 25 heavy (non-hydrogen) atoms. The van der Waals surface area contributed by atoms with E-state index in [1.165, 1.54) is 0 Å². The van der Waals surface area contributed by atoms with E-state index >= 15 is 0 Å². The van der Waals surface area contributed by atoms with Gasteiger partial charge in [0.25, 0.3) is 0 Å². The molecule has 2 saturated heterocycles. The maximum atomic E-state index is 12.2. The Bertz CT molecular complexity index is 516. The van der Waals surface area contributed by atoms with Crippen molar-refractivity contribution < 1.29 is 29.0 Å². The van der Waals surface area contributed by atoms with Crippen LogP contribution in [0.25, 0.3) is 0 Å². The lowest BCUT2D eigenvalue weighted by molar-refractivity contribution is -0.163. The van der Waals surface area contributed by atoms with Gasteiger partial charge < -0.3 is 19.5 Å². The predicted octanol–water partition coefficient (Wildman–Crippen LogP) is 1.52. The van der Waals surface area contributed by atoms with Crippen LogP contribution in [0, 0.1) is 0 Å². The van der Waals surface area contributed by atoms with E-state index in [0.29, 0.717) is 19.4 Å². The summed E-state index contributed by atoms with van der Waals surface area (Å²) in [4.78, 5) is 37.5. The molecule has 2 rings (SSSR count). The van der Waals surface area contributed by atoms with Gasteiger partial charge in [0.2, 0.25) is 6.04 Å². The van der Waals surface area contributed by atoms with Crippen molar-refractivity contribution in [2.45, 2.75) is 83.1 Å². The quantitative estimate of drug-likeness (QED) is 0.568. The second-order valence-corrected chi connectivity index (χ2v) is 7.63. The molecule has 0 aromatic carbocycles. The van der Waals surface area contributed by atoms with E-state index in [1.807, 2.05) is 0 Å². The highest BCUT2D eigenvalue weighted by Crippen LogP contribution is 2.36. The van der Waals surface area contributed by atoms with E-state index in [0.717, 1.165) is 12.8 Å². The minimum absolute atomic E-state index is 0.0170. The van der Waals surface area contributed by atoms with Gasteiger partial charge in [0.1, 0.15) is 5.60 Å². The van der Waals surface area contributed by atoms with Gasteiger partial charge in [-0.05, 0) is 53.4 Å². The standard InChI is InChI=1S/C17H28N2O6/c1-5-24-16(23)19-11-6-7-12(19)9-10(8-11)18-13(14(20)21)15(22)25-17(2,3)4/h10-13,18H,5-9H2,1-4H3,(H,20,21). The highest BCUT2D eigenvalue weighted by Gasteiger charge is 2.45.